The van der Waals surface area contributed by atoms with Crippen molar-refractivity contribution in [2.45, 2.75) is 38.0 Å². The van der Waals surface area contributed by atoms with Crippen molar-refractivity contribution in [2.24, 2.45) is 0 Å². The Morgan fingerprint density at radius 1 is 1.33 bits per heavy atom. The molecule has 4 nitrogen and oxygen atoms in total. The van der Waals surface area contributed by atoms with Crippen LogP contribution in [0.1, 0.15) is 24.8 Å². The zero-order chi connectivity index (χ0) is 14.7. The molecular formula is C16H21ClN2O2. The summed E-state index contributed by atoms with van der Waals surface area (Å²) in [6, 6.07) is 8.58. The molecule has 1 heterocycles. The molecule has 1 aliphatic heterocycles. The van der Waals surface area contributed by atoms with Gasteiger partial charge in [0, 0.05) is 30.2 Å². The molecule has 1 atom stereocenters. The first kappa shape index (κ1) is 14.8. The molecule has 1 saturated heterocycles. The van der Waals surface area contributed by atoms with Crippen molar-refractivity contribution in [3.63, 3.8) is 0 Å². The van der Waals surface area contributed by atoms with E-state index in [2.05, 4.69) is 10.2 Å². The molecule has 5 heteroatoms. The lowest BCUT2D eigenvalue weighted by Crippen LogP contribution is -2.39. The van der Waals surface area contributed by atoms with Gasteiger partial charge in [-0.15, -0.1) is 0 Å². The second kappa shape index (κ2) is 6.77. The average Bonchev–Trinajstić information content (AvgIpc) is 3.22. The number of halogens is 1. The molecule has 1 aromatic rings. The monoisotopic (exact) mass is 308 g/mol. The van der Waals surface area contributed by atoms with Crippen LogP contribution in [0, 0.1) is 0 Å². The highest BCUT2D eigenvalue weighted by molar-refractivity contribution is 6.31. The van der Waals surface area contributed by atoms with Gasteiger partial charge < -0.3 is 10.1 Å². The zero-order valence-corrected chi connectivity index (χ0v) is 12.8. The molecule has 1 aliphatic carbocycles. The first-order valence-electron chi connectivity index (χ1n) is 7.57. The number of likely N-dealkylation sites (tertiary alicyclic amines) is 1. The fraction of sp³-hybridized carbons (Fsp3) is 0.562. The molecule has 1 aromatic carbocycles. The number of nitrogens with one attached hydrogen (secondary N) is 1. The van der Waals surface area contributed by atoms with Gasteiger partial charge in [-0.25, -0.2) is 0 Å². The Morgan fingerprint density at radius 2 is 2.14 bits per heavy atom. The smallest absolute Gasteiger partial charge is 0.246 e. The second-order valence-corrected chi connectivity index (χ2v) is 6.27. The molecule has 2 aliphatic rings. The van der Waals surface area contributed by atoms with Gasteiger partial charge in [0.1, 0.15) is 6.61 Å². The maximum Gasteiger partial charge on any atom is 0.246 e. The van der Waals surface area contributed by atoms with Crippen LogP contribution >= 0.6 is 11.6 Å². The van der Waals surface area contributed by atoms with Crippen LogP contribution in [0.15, 0.2) is 24.3 Å². The lowest BCUT2D eigenvalue weighted by atomic mass is 10.2. The molecule has 0 spiro atoms. The third kappa shape index (κ3) is 4.19. The van der Waals surface area contributed by atoms with Gasteiger partial charge in [0.25, 0.3) is 0 Å². The van der Waals surface area contributed by atoms with Gasteiger partial charge in [-0.2, -0.15) is 0 Å². The second-order valence-electron chi connectivity index (χ2n) is 5.86. The molecule has 3 rings (SSSR count). The molecule has 1 saturated carbocycles. The van der Waals surface area contributed by atoms with Crippen molar-refractivity contribution >= 4 is 17.5 Å². The summed E-state index contributed by atoms with van der Waals surface area (Å²) < 4.78 is 5.45. The van der Waals surface area contributed by atoms with Crippen molar-refractivity contribution in [3.8, 4) is 0 Å². The number of carbonyl (C=O) groups is 1. The fourth-order valence-corrected chi connectivity index (χ4v) is 3.01. The first-order chi connectivity index (χ1) is 10.2. The minimum Gasteiger partial charge on any atom is -0.367 e. The van der Waals surface area contributed by atoms with Gasteiger partial charge in [0.15, 0.2) is 0 Å². The van der Waals surface area contributed by atoms with E-state index in [1.807, 2.05) is 24.3 Å². The summed E-state index contributed by atoms with van der Waals surface area (Å²) in [7, 11) is 0. The highest BCUT2D eigenvalue weighted by Gasteiger charge is 2.34. The van der Waals surface area contributed by atoms with Gasteiger partial charge >= 0.3 is 0 Å². The Balaban J connectivity index is 1.36. The lowest BCUT2D eigenvalue weighted by molar-refractivity contribution is -0.126. The zero-order valence-electron chi connectivity index (χ0n) is 12.1. The topological polar surface area (TPSA) is 41.6 Å². The highest BCUT2D eigenvalue weighted by atomic mass is 35.5. The number of nitrogens with zero attached hydrogens (tertiary/aromatic N) is 1. The Hall–Kier alpha value is -1.10. The standard InChI is InChI=1S/C16H21ClN2O2/c17-15-4-2-1-3-12(15)10-21-11-16(20)18-13-7-8-19(9-13)14-5-6-14/h1-4,13-14H,5-11H2,(H,18,20)/t13-/m0/s1. The van der Waals surface area contributed by atoms with E-state index >= 15 is 0 Å². The quantitative estimate of drug-likeness (QED) is 0.876. The molecular weight excluding hydrogens is 288 g/mol. The van der Waals surface area contributed by atoms with Crippen molar-refractivity contribution in [3.05, 3.63) is 34.9 Å². The number of ether oxygens (including phenoxy) is 1. The van der Waals surface area contributed by atoms with Gasteiger partial charge in [-0.3, -0.25) is 9.69 Å². The molecule has 114 valence electrons. The van der Waals surface area contributed by atoms with Crippen LogP contribution in [0.4, 0.5) is 0 Å². The summed E-state index contributed by atoms with van der Waals surface area (Å²) in [4.78, 5) is 14.4. The normalized spacial score (nSPS) is 22.4. The van der Waals surface area contributed by atoms with Crippen LogP contribution in [0.25, 0.3) is 0 Å². The van der Waals surface area contributed by atoms with Crippen molar-refractivity contribution < 1.29 is 9.53 Å². The fourth-order valence-electron chi connectivity index (χ4n) is 2.81. The average molecular weight is 309 g/mol. The molecule has 21 heavy (non-hydrogen) atoms. The summed E-state index contributed by atoms with van der Waals surface area (Å²) in [5.74, 6) is -0.0373. The van der Waals surface area contributed by atoms with Crippen LogP contribution in [0.2, 0.25) is 5.02 Å². The van der Waals surface area contributed by atoms with E-state index in [4.69, 9.17) is 16.3 Å². The van der Waals surface area contributed by atoms with Crippen LogP contribution in [-0.4, -0.2) is 42.6 Å². The molecule has 1 N–H and O–H groups in total. The number of hydrogen-bond acceptors (Lipinski definition) is 3. The largest absolute Gasteiger partial charge is 0.367 e. The number of carbonyl (C=O) groups excluding carboxylic acids is 1. The highest BCUT2D eigenvalue weighted by Crippen LogP contribution is 2.29. The summed E-state index contributed by atoms with van der Waals surface area (Å²) in [6.07, 6.45) is 3.69. The minimum atomic E-state index is -0.0373. The molecule has 0 unspecified atom stereocenters. The maximum absolute atomic E-state index is 11.9. The minimum absolute atomic E-state index is 0.0373. The Morgan fingerprint density at radius 3 is 2.90 bits per heavy atom. The third-order valence-corrected chi connectivity index (χ3v) is 4.47. The van der Waals surface area contributed by atoms with Gasteiger partial charge in [-0.05, 0) is 30.9 Å². The summed E-state index contributed by atoms with van der Waals surface area (Å²) >= 11 is 6.04. The van der Waals surface area contributed by atoms with E-state index in [0.29, 0.717) is 11.6 Å². The van der Waals surface area contributed by atoms with E-state index < -0.39 is 0 Å². The predicted molar refractivity (Wildman–Crippen MR) is 82.3 cm³/mol. The van der Waals surface area contributed by atoms with E-state index in [0.717, 1.165) is 31.1 Å². The number of benzene rings is 1. The van der Waals surface area contributed by atoms with E-state index in [1.165, 1.54) is 12.8 Å². The maximum atomic E-state index is 11.9. The number of hydrogen-bond donors (Lipinski definition) is 1. The Kier molecular flexibility index (Phi) is 4.78. The molecule has 0 radical (unpaired) electrons. The number of rotatable bonds is 6. The number of amides is 1. The van der Waals surface area contributed by atoms with E-state index in [-0.39, 0.29) is 18.6 Å². The Bertz CT molecular complexity index is 505. The van der Waals surface area contributed by atoms with Crippen molar-refractivity contribution in [1.82, 2.24) is 10.2 Å². The Labute approximate surface area is 130 Å². The van der Waals surface area contributed by atoms with E-state index in [9.17, 15) is 4.79 Å². The molecule has 1 amide bonds. The SMILES string of the molecule is O=C(COCc1ccccc1Cl)N[C@H]1CCN(C2CC2)C1. The van der Waals surface area contributed by atoms with Crippen molar-refractivity contribution in [2.75, 3.05) is 19.7 Å². The molecule has 0 aromatic heterocycles. The summed E-state index contributed by atoms with van der Waals surface area (Å²) in [5.41, 5.74) is 0.910. The van der Waals surface area contributed by atoms with Crippen LogP contribution < -0.4 is 5.32 Å². The van der Waals surface area contributed by atoms with E-state index in [1.54, 1.807) is 0 Å². The molecule has 2 fully saturated rings. The summed E-state index contributed by atoms with van der Waals surface area (Å²) in [5, 5.41) is 3.73. The van der Waals surface area contributed by atoms with Crippen molar-refractivity contribution in [1.29, 1.82) is 0 Å². The van der Waals surface area contributed by atoms with Gasteiger partial charge in [-0.1, -0.05) is 29.8 Å². The van der Waals surface area contributed by atoms with Crippen LogP contribution in [-0.2, 0) is 16.1 Å². The van der Waals surface area contributed by atoms with Gasteiger partial charge in [0.05, 0.1) is 6.61 Å². The lowest BCUT2D eigenvalue weighted by Gasteiger charge is -2.15. The summed E-state index contributed by atoms with van der Waals surface area (Å²) in [6.45, 7) is 2.55. The van der Waals surface area contributed by atoms with Crippen LogP contribution in [0.3, 0.4) is 0 Å². The van der Waals surface area contributed by atoms with Crippen LogP contribution in [0.5, 0.6) is 0 Å². The predicted octanol–water partition coefficient (Wildman–Crippen LogP) is 2.21. The first-order valence-corrected chi connectivity index (χ1v) is 7.95. The molecule has 0 bridgehead atoms. The van der Waals surface area contributed by atoms with Gasteiger partial charge in [0.2, 0.25) is 5.91 Å². The third-order valence-electron chi connectivity index (χ3n) is 4.10.